The summed E-state index contributed by atoms with van der Waals surface area (Å²) in [6.07, 6.45) is 2.87. The fraction of sp³-hybridized carbons (Fsp3) is 0.300. The Balaban J connectivity index is 1.77. The molecule has 0 aliphatic carbocycles. The van der Waals surface area contributed by atoms with Crippen LogP contribution in [0, 0.1) is 0 Å². The molecule has 0 saturated carbocycles. The Kier molecular flexibility index (Phi) is 4.59. The second-order valence-electron chi connectivity index (χ2n) is 6.74. The minimum Gasteiger partial charge on any atom is -0.495 e. The van der Waals surface area contributed by atoms with E-state index in [4.69, 9.17) is 10.5 Å². The lowest BCUT2D eigenvalue weighted by Gasteiger charge is -2.18. The van der Waals surface area contributed by atoms with E-state index in [2.05, 4.69) is 16.4 Å². The molecule has 5 N–H and O–H groups in total. The molecule has 0 aliphatic rings. The lowest BCUT2D eigenvalue weighted by Crippen LogP contribution is -2.15. The molecule has 25 heavy (non-hydrogen) atoms. The van der Waals surface area contributed by atoms with E-state index in [1.54, 1.807) is 21.0 Å². The predicted molar refractivity (Wildman–Crippen MR) is 103 cm³/mol. The van der Waals surface area contributed by atoms with Crippen molar-refractivity contribution < 1.29 is 9.84 Å². The number of para-hydroxylation sites is 1. The number of benzene rings is 2. The van der Waals surface area contributed by atoms with Crippen LogP contribution in [0.25, 0.3) is 10.9 Å². The molecule has 0 saturated heterocycles. The van der Waals surface area contributed by atoms with Crippen LogP contribution in [-0.2, 0) is 12.0 Å². The number of nitrogens with one attached hydrogen (secondary N) is 2. The molecule has 3 rings (SSSR count). The zero-order valence-electron chi connectivity index (χ0n) is 14.9. The number of methoxy groups -OCH3 is 1. The summed E-state index contributed by atoms with van der Waals surface area (Å²) in [7, 11) is 1.64. The summed E-state index contributed by atoms with van der Waals surface area (Å²) < 4.78 is 5.36. The van der Waals surface area contributed by atoms with Crippen LogP contribution in [0.2, 0.25) is 0 Å². The number of hydrogen-bond acceptors (Lipinski definition) is 4. The second kappa shape index (κ2) is 6.69. The Morgan fingerprint density at radius 2 is 2.04 bits per heavy atom. The number of nitrogen functional groups attached to an aromatic ring is 1. The van der Waals surface area contributed by atoms with Gasteiger partial charge in [0, 0.05) is 35.4 Å². The first-order valence-electron chi connectivity index (χ1n) is 8.39. The van der Waals surface area contributed by atoms with Gasteiger partial charge in [0.1, 0.15) is 5.75 Å². The number of aromatic nitrogens is 1. The van der Waals surface area contributed by atoms with Crippen LogP contribution in [0.4, 0.5) is 11.4 Å². The minimum absolute atomic E-state index is 0.679. The normalized spacial score (nSPS) is 11.7. The largest absolute Gasteiger partial charge is 0.495 e. The van der Waals surface area contributed by atoms with Crippen molar-refractivity contribution in [3.05, 3.63) is 53.7 Å². The van der Waals surface area contributed by atoms with Gasteiger partial charge in [-0.25, -0.2) is 0 Å². The number of anilines is 2. The molecule has 5 heteroatoms. The third-order valence-corrected chi connectivity index (χ3v) is 4.40. The molecule has 2 aromatic carbocycles. The fourth-order valence-corrected chi connectivity index (χ4v) is 3.11. The Bertz CT molecular complexity index is 878. The summed E-state index contributed by atoms with van der Waals surface area (Å²) in [4.78, 5) is 3.31. The monoisotopic (exact) mass is 339 g/mol. The van der Waals surface area contributed by atoms with Gasteiger partial charge in [0.05, 0.1) is 23.9 Å². The number of ether oxygens (including phenoxy) is 1. The lowest BCUT2D eigenvalue weighted by molar-refractivity contribution is 0.0800. The molecule has 1 heterocycles. The number of nitrogens with two attached hydrogens (primary N) is 1. The van der Waals surface area contributed by atoms with Crippen LogP contribution in [0.5, 0.6) is 5.75 Å². The number of aliphatic hydroxyl groups is 1. The average molecular weight is 339 g/mol. The van der Waals surface area contributed by atoms with E-state index in [0.29, 0.717) is 5.69 Å². The van der Waals surface area contributed by atoms with Crippen LogP contribution in [0.15, 0.2) is 42.6 Å². The van der Waals surface area contributed by atoms with Gasteiger partial charge in [-0.3, -0.25) is 0 Å². The summed E-state index contributed by atoms with van der Waals surface area (Å²) in [5.41, 5.74) is 9.63. The van der Waals surface area contributed by atoms with E-state index in [1.165, 1.54) is 5.56 Å². The Morgan fingerprint density at radius 3 is 2.76 bits per heavy atom. The predicted octanol–water partition coefficient (Wildman–Crippen LogP) is 3.64. The van der Waals surface area contributed by atoms with Crippen molar-refractivity contribution in [1.29, 1.82) is 0 Å². The van der Waals surface area contributed by atoms with Gasteiger partial charge in [-0.1, -0.05) is 18.2 Å². The SMILES string of the molecule is COc1cc(N)ccc1NCCc1c[nH]c2c(C(C)(C)O)cccc12. The molecule has 1 aromatic heterocycles. The maximum Gasteiger partial charge on any atom is 0.143 e. The molecule has 0 aliphatic heterocycles. The molecule has 0 radical (unpaired) electrons. The van der Waals surface area contributed by atoms with E-state index in [9.17, 15) is 5.11 Å². The highest BCUT2D eigenvalue weighted by atomic mass is 16.5. The fourth-order valence-electron chi connectivity index (χ4n) is 3.11. The molecule has 132 valence electrons. The summed E-state index contributed by atoms with van der Waals surface area (Å²) in [5.74, 6) is 0.739. The molecular formula is C20H25N3O2. The van der Waals surface area contributed by atoms with Gasteiger partial charge >= 0.3 is 0 Å². The van der Waals surface area contributed by atoms with Crippen LogP contribution < -0.4 is 15.8 Å². The number of rotatable bonds is 6. The van der Waals surface area contributed by atoms with Gasteiger partial charge < -0.3 is 25.9 Å². The maximum atomic E-state index is 10.3. The number of fused-ring (bicyclic) bond motifs is 1. The van der Waals surface area contributed by atoms with E-state index in [0.717, 1.165) is 40.9 Å². The van der Waals surface area contributed by atoms with Crippen molar-refractivity contribution in [2.24, 2.45) is 0 Å². The van der Waals surface area contributed by atoms with Crippen molar-refractivity contribution in [1.82, 2.24) is 4.98 Å². The smallest absolute Gasteiger partial charge is 0.143 e. The summed E-state index contributed by atoms with van der Waals surface area (Å²) in [6, 6.07) is 11.6. The first-order chi connectivity index (χ1) is 11.9. The molecule has 0 spiro atoms. The average Bonchev–Trinajstić information content (AvgIpc) is 2.98. The molecule has 3 aromatic rings. The third-order valence-electron chi connectivity index (χ3n) is 4.40. The minimum atomic E-state index is -0.878. The molecule has 0 unspecified atom stereocenters. The number of H-pyrrole nitrogens is 1. The van der Waals surface area contributed by atoms with E-state index < -0.39 is 5.60 Å². The van der Waals surface area contributed by atoms with Crippen molar-refractivity contribution in [3.63, 3.8) is 0 Å². The van der Waals surface area contributed by atoms with Crippen molar-refractivity contribution in [2.45, 2.75) is 25.9 Å². The number of hydrogen-bond donors (Lipinski definition) is 4. The Morgan fingerprint density at radius 1 is 1.24 bits per heavy atom. The highest BCUT2D eigenvalue weighted by molar-refractivity contribution is 5.86. The van der Waals surface area contributed by atoms with Crippen LogP contribution in [-0.4, -0.2) is 23.7 Å². The maximum absolute atomic E-state index is 10.3. The first kappa shape index (κ1) is 17.2. The quantitative estimate of drug-likeness (QED) is 0.517. The second-order valence-corrected chi connectivity index (χ2v) is 6.74. The standard InChI is InChI=1S/C20H25N3O2/c1-20(2,24)16-6-4-5-15-13(12-23-19(15)16)9-10-22-17-8-7-14(21)11-18(17)25-3/h4-8,11-12,22-24H,9-10,21H2,1-3H3. The number of aromatic amines is 1. The van der Waals surface area contributed by atoms with Crippen molar-refractivity contribution in [2.75, 3.05) is 24.7 Å². The molecular weight excluding hydrogens is 314 g/mol. The molecule has 5 nitrogen and oxygen atoms in total. The van der Waals surface area contributed by atoms with E-state index in [-0.39, 0.29) is 0 Å². The van der Waals surface area contributed by atoms with Crippen LogP contribution in [0.3, 0.4) is 0 Å². The molecule has 0 bridgehead atoms. The highest BCUT2D eigenvalue weighted by Gasteiger charge is 2.20. The van der Waals surface area contributed by atoms with Crippen LogP contribution >= 0.6 is 0 Å². The molecule has 0 atom stereocenters. The van der Waals surface area contributed by atoms with Gasteiger partial charge in [-0.15, -0.1) is 0 Å². The van der Waals surface area contributed by atoms with Crippen molar-refractivity contribution >= 4 is 22.3 Å². The Hall–Kier alpha value is -2.66. The van der Waals surface area contributed by atoms with E-state index >= 15 is 0 Å². The van der Waals surface area contributed by atoms with Crippen molar-refractivity contribution in [3.8, 4) is 5.75 Å². The summed E-state index contributed by atoms with van der Waals surface area (Å²) in [5, 5.41) is 14.9. The highest BCUT2D eigenvalue weighted by Crippen LogP contribution is 2.30. The summed E-state index contributed by atoms with van der Waals surface area (Å²) in [6.45, 7) is 4.37. The van der Waals surface area contributed by atoms with Gasteiger partial charge in [0.15, 0.2) is 0 Å². The van der Waals surface area contributed by atoms with Gasteiger partial charge in [-0.2, -0.15) is 0 Å². The van der Waals surface area contributed by atoms with E-state index in [1.807, 2.05) is 36.5 Å². The zero-order valence-corrected chi connectivity index (χ0v) is 14.9. The van der Waals surface area contributed by atoms with Crippen LogP contribution in [0.1, 0.15) is 25.0 Å². The van der Waals surface area contributed by atoms with Gasteiger partial charge in [-0.05, 0) is 38.0 Å². The van der Waals surface area contributed by atoms with Gasteiger partial charge in [0.2, 0.25) is 0 Å². The lowest BCUT2D eigenvalue weighted by atomic mass is 9.95. The molecule has 0 amide bonds. The third kappa shape index (κ3) is 3.56. The first-order valence-corrected chi connectivity index (χ1v) is 8.39. The topological polar surface area (TPSA) is 83.3 Å². The Labute approximate surface area is 147 Å². The molecule has 0 fully saturated rings. The zero-order chi connectivity index (χ0) is 18.0. The van der Waals surface area contributed by atoms with Gasteiger partial charge in [0.25, 0.3) is 0 Å². The summed E-state index contributed by atoms with van der Waals surface area (Å²) >= 11 is 0.